The topological polar surface area (TPSA) is 0 Å². The zero-order valence-corrected chi connectivity index (χ0v) is 13.4. The molecule has 0 amide bonds. The van der Waals surface area contributed by atoms with E-state index in [2.05, 4.69) is 43.8 Å². The Morgan fingerprint density at radius 1 is 1.00 bits per heavy atom. The summed E-state index contributed by atoms with van der Waals surface area (Å²) < 4.78 is 0. The summed E-state index contributed by atoms with van der Waals surface area (Å²) >= 11 is 12.0. The Morgan fingerprint density at radius 2 is 1.71 bits per heavy atom. The molecule has 2 aromatic carbocycles. The van der Waals surface area contributed by atoms with Crippen molar-refractivity contribution < 1.29 is 0 Å². The predicted octanol–water partition coefficient (Wildman–Crippen LogP) is 6.11. The molecule has 0 aromatic heterocycles. The molecule has 3 rings (SSSR count). The molecule has 0 saturated heterocycles. The molecule has 2 aromatic rings. The van der Waals surface area contributed by atoms with Crippen molar-refractivity contribution in [3.05, 3.63) is 81.9 Å². The van der Waals surface area contributed by atoms with E-state index in [1.807, 2.05) is 12.1 Å². The summed E-state index contributed by atoms with van der Waals surface area (Å²) in [5.74, 6) is 0.596. The van der Waals surface area contributed by atoms with Gasteiger partial charge in [0.15, 0.2) is 0 Å². The van der Waals surface area contributed by atoms with E-state index >= 15 is 0 Å². The lowest BCUT2D eigenvalue weighted by atomic mass is 9.96. The maximum atomic E-state index is 6.01. The van der Waals surface area contributed by atoms with Gasteiger partial charge < -0.3 is 0 Å². The number of halogens is 2. The van der Waals surface area contributed by atoms with Crippen molar-refractivity contribution in [2.45, 2.75) is 13.3 Å². The Kier molecular flexibility index (Phi) is 3.93. The average Bonchev–Trinajstić information content (AvgIpc) is 2.74. The van der Waals surface area contributed by atoms with E-state index in [0.717, 1.165) is 17.0 Å². The summed E-state index contributed by atoms with van der Waals surface area (Å²) in [6.45, 7) is 6.39. The fourth-order valence-corrected chi connectivity index (χ4v) is 3.23. The highest BCUT2D eigenvalue weighted by Gasteiger charge is 2.25. The van der Waals surface area contributed by atoms with Crippen molar-refractivity contribution in [3.63, 3.8) is 0 Å². The van der Waals surface area contributed by atoms with Gasteiger partial charge in [0.2, 0.25) is 0 Å². The number of hydrogen-bond acceptors (Lipinski definition) is 0. The first-order valence-electron chi connectivity index (χ1n) is 6.97. The standard InChI is InChI=1S/C19H16Cl2/c1-12-3-8-17-18(11-12)13(2)16(9-10-20)19(17)14-4-6-15(21)7-5-14/h3-8,11H,2,9-10H2,1H3. The van der Waals surface area contributed by atoms with Crippen LogP contribution in [0.1, 0.15) is 28.7 Å². The minimum absolute atomic E-state index is 0.596. The van der Waals surface area contributed by atoms with Crippen molar-refractivity contribution in [2.75, 3.05) is 5.88 Å². The molecule has 2 heteroatoms. The predicted molar refractivity (Wildman–Crippen MR) is 93.0 cm³/mol. The van der Waals surface area contributed by atoms with Crippen LogP contribution >= 0.6 is 23.2 Å². The van der Waals surface area contributed by atoms with E-state index < -0.39 is 0 Å². The van der Waals surface area contributed by atoms with E-state index in [-0.39, 0.29) is 0 Å². The summed E-state index contributed by atoms with van der Waals surface area (Å²) in [7, 11) is 0. The number of hydrogen-bond donors (Lipinski definition) is 0. The van der Waals surface area contributed by atoms with Crippen LogP contribution < -0.4 is 0 Å². The molecule has 106 valence electrons. The quantitative estimate of drug-likeness (QED) is 0.600. The summed E-state index contributed by atoms with van der Waals surface area (Å²) in [4.78, 5) is 0. The second-order valence-corrected chi connectivity index (χ2v) is 6.14. The van der Waals surface area contributed by atoms with Gasteiger partial charge in [-0.1, -0.05) is 54.1 Å². The molecule has 0 nitrogen and oxygen atoms in total. The smallest absolute Gasteiger partial charge is 0.0406 e. The average molecular weight is 315 g/mol. The van der Waals surface area contributed by atoms with Gasteiger partial charge in [0.25, 0.3) is 0 Å². The Hall–Kier alpha value is -1.50. The van der Waals surface area contributed by atoms with E-state index in [0.29, 0.717) is 5.88 Å². The molecule has 0 fully saturated rings. The fraction of sp³-hybridized carbons (Fsp3) is 0.158. The summed E-state index contributed by atoms with van der Waals surface area (Å²) in [5.41, 5.74) is 8.47. The first-order chi connectivity index (χ1) is 10.1. The summed E-state index contributed by atoms with van der Waals surface area (Å²) in [5, 5.41) is 0.749. The molecule has 0 spiro atoms. The number of allylic oxidation sites excluding steroid dienone is 2. The molecule has 0 unspecified atom stereocenters. The molecular formula is C19H16Cl2. The number of aryl methyl sites for hydroxylation is 1. The van der Waals surface area contributed by atoms with Gasteiger partial charge in [-0.3, -0.25) is 0 Å². The molecule has 0 N–H and O–H groups in total. The lowest BCUT2D eigenvalue weighted by molar-refractivity contribution is 1.18. The lowest BCUT2D eigenvalue weighted by Crippen LogP contribution is -1.89. The Morgan fingerprint density at radius 3 is 2.38 bits per heavy atom. The maximum absolute atomic E-state index is 6.01. The molecule has 0 aliphatic heterocycles. The summed E-state index contributed by atoms with van der Waals surface area (Å²) in [6, 6.07) is 14.5. The molecular weight excluding hydrogens is 299 g/mol. The number of fused-ring (bicyclic) bond motifs is 1. The van der Waals surface area contributed by atoms with Crippen LogP contribution in [0.3, 0.4) is 0 Å². The van der Waals surface area contributed by atoms with Crippen LogP contribution in [0.4, 0.5) is 0 Å². The Balaban J connectivity index is 2.22. The van der Waals surface area contributed by atoms with Crippen LogP contribution in [-0.2, 0) is 0 Å². The van der Waals surface area contributed by atoms with Crippen molar-refractivity contribution in [1.29, 1.82) is 0 Å². The normalized spacial score (nSPS) is 13.8. The van der Waals surface area contributed by atoms with Crippen molar-refractivity contribution >= 4 is 34.3 Å². The van der Waals surface area contributed by atoms with Gasteiger partial charge in [-0.2, -0.15) is 0 Å². The highest BCUT2D eigenvalue weighted by Crippen LogP contribution is 2.45. The Bertz CT molecular complexity index is 737. The monoisotopic (exact) mass is 314 g/mol. The van der Waals surface area contributed by atoms with Gasteiger partial charge in [-0.15, -0.1) is 11.6 Å². The van der Waals surface area contributed by atoms with Crippen molar-refractivity contribution in [3.8, 4) is 0 Å². The minimum Gasteiger partial charge on any atom is -0.126 e. The van der Waals surface area contributed by atoms with Crippen molar-refractivity contribution in [1.82, 2.24) is 0 Å². The lowest BCUT2D eigenvalue weighted by Gasteiger charge is -2.09. The van der Waals surface area contributed by atoms with Gasteiger partial charge >= 0.3 is 0 Å². The zero-order chi connectivity index (χ0) is 15.0. The number of rotatable bonds is 3. The van der Waals surface area contributed by atoms with E-state index in [4.69, 9.17) is 23.2 Å². The van der Waals surface area contributed by atoms with Gasteiger partial charge in [-0.25, -0.2) is 0 Å². The molecule has 1 aliphatic rings. The summed E-state index contributed by atoms with van der Waals surface area (Å²) in [6.07, 6.45) is 0.825. The van der Waals surface area contributed by atoms with E-state index in [1.165, 1.54) is 33.4 Å². The second-order valence-electron chi connectivity index (χ2n) is 5.33. The first kappa shape index (κ1) is 14.4. The van der Waals surface area contributed by atoms with Gasteiger partial charge in [0.05, 0.1) is 0 Å². The number of benzene rings is 2. The van der Waals surface area contributed by atoms with Crippen LogP contribution in [0.2, 0.25) is 5.02 Å². The van der Waals surface area contributed by atoms with Crippen LogP contribution in [0, 0.1) is 6.92 Å². The third-order valence-corrected chi connectivity index (χ3v) is 4.35. The SMILES string of the molecule is C=C1C(CCCl)=C(c2ccc(Cl)cc2)c2ccc(C)cc21. The van der Waals surface area contributed by atoms with Gasteiger partial charge in [-0.05, 0) is 58.9 Å². The molecule has 0 saturated carbocycles. The third kappa shape index (κ3) is 2.54. The largest absolute Gasteiger partial charge is 0.126 e. The zero-order valence-electron chi connectivity index (χ0n) is 11.9. The highest BCUT2D eigenvalue weighted by atomic mass is 35.5. The van der Waals surface area contributed by atoms with Crippen LogP contribution in [0.5, 0.6) is 0 Å². The van der Waals surface area contributed by atoms with E-state index in [1.54, 1.807) is 0 Å². The maximum Gasteiger partial charge on any atom is 0.0406 e. The molecule has 21 heavy (non-hydrogen) atoms. The number of alkyl halides is 1. The van der Waals surface area contributed by atoms with E-state index in [9.17, 15) is 0 Å². The fourth-order valence-electron chi connectivity index (χ4n) is 2.92. The molecule has 1 aliphatic carbocycles. The minimum atomic E-state index is 0.596. The highest BCUT2D eigenvalue weighted by molar-refractivity contribution is 6.30. The van der Waals surface area contributed by atoms with Gasteiger partial charge in [0.1, 0.15) is 0 Å². The molecule has 0 bridgehead atoms. The van der Waals surface area contributed by atoms with Crippen LogP contribution in [0.25, 0.3) is 11.1 Å². The van der Waals surface area contributed by atoms with Crippen LogP contribution in [0.15, 0.2) is 54.6 Å². The third-order valence-electron chi connectivity index (χ3n) is 3.91. The van der Waals surface area contributed by atoms with Crippen LogP contribution in [-0.4, -0.2) is 5.88 Å². The first-order valence-corrected chi connectivity index (χ1v) is 7.89. The molecule has 0 heterocycles. The van der Waals surface area contributed by atoms with Crippen molar-refractivity contribution in [2.24, 2.45) is 0 Å². The Labute approximate surface area is 135 Å². The molecule has 0 atom stereocenters. The molecule has 0 radical (unpaired) electrons. The van der Waals surface area contributed by atoms with Gasteiger partial charge in [0, 0.05) is 10.9 Å². The second kappa shape index (κ2) is 5.71.